The minimum absolute atomic E-state index is 1.25. The molecule has 0 aliphatic rings. The summed E-state index contributed by atoms with van der Waals surface area (Å²) >= 11 is 0. The molecule has 0 amide bonds. The van der Waals surface area contributed by atoms with Gasteiger partial charge in [-0.2, -0.15) is 0 Å². The fourth-order valence-electron chi connectivity index (χ4n) is 6.26. The molecule has 0 spiro atoms. The van der Waals surface area contributed by atoms with E-state index in [1.165, 1.54) is 76.1 Å². The molecular formula is C38H24. The Morgan fingerprint density at radius 1 is 0.237 bits per heavy atom. The molecule has 0 heterocycles. The molecule has 0 saturated carbocycles. The molecule has 8 rings (SSSR count). The molecule has 0 aliphatic heterocycles. The maximum Gasteiger partial charge on any atom is -0.00262 e. The van der Waals surface area contributed by atoms with E-state index in [1.807, 2.05) is 0 Å². The summed E-state index contributed by atoms with van der Waals surface area (Å²) in [6.45, 7) is 0. The highest BCUT2D eigenvalue weighted by Crippen LogP contribution is 2.44. The van der Waals surface area contributed by atoms with E-state index < -0.39 is 0 Å². The number of benzene rings is 8. The van der Waals surface area contributed by atoms with E-state index in [9.17, 15) is 0 Å². The van der Waals surface area contributed by atoms with Crippen LogP contribution in [0.5, 0.6) is 0 Å². The van der Waals surface area contributed by atoms with Gasteiger partial charge in [-0.25, -0.2) is 0 Å². The molecule has 8 aromatic rings. The molecular weight excluding hydrogens is 456 g/mol. The van der Waals surface area contributed by atoms with Crippen molar-refractivity contribution in [3.05, 3.63) is 146 Å². The van der Waals surface area contributed by atoms with E-state index in [0.29, 0.717) is 0 Å². The lowest BCUT2D eigenvalue weighted by Gasteiger charge is -2.18. The topological polar surface area (TPSA) is 0 Å². The van der Waals surface area contributed by atoms with Crippen molar-refractivity contribution in [1.29, 1.82) is 0 Å². The predicted molar refractivity (Wildman–Crippen MR) is 165 cm³/mol. The van der Waals surface area contributed by atoms with E-state index in [-0.39, 0.29) is 0 Å². The van der Waals surface area contributed by atoms with E-state index >= 15 is 0 Å². The number of hydrogen-bond donors (Lipinski definition) is 0. The second kappa shape index (κ2) is 8.30. The Morgan fingerprint density at radius 3 is 1.26 bits per heavy atom. The van der Waals surface area contributed by atoms with Crippen LogP contribution in [0.4, 0.5) is 0 Å². The third-order valence-corrected chi connectivity index (χ3v) is 8.00. The molecule has 38 heavy (non-hydrogen) atoms. The first-order valence-electron chi connectivity index (χ1n) is 13.2. The first kappa shape index (κ1) is 21.2. The van der Waals surface area contributed by atoms with Crippen LogP contribution >= 0.6 is 0 Å². The van der Waals surface area contributed by atoms with Gasteiger partial charge in [-0.3, -0.25) is 0 Å². The molecule has 0 aliphatic carbocycles. The third kappa shape index (κ3) is 3.17. The van der Waals surface area contributed by atoms with Gasteiger partial charge in [-0.05, 0) is 88.2 Å². The van der Waals surface area contributed by atoms with Crippen molar-refractivity contribution in [2.45, 2.75) is 0 Å². The van der Waals surface area contributed by atoms with Gasteiger partial charge in [0, 0.05) is 0 Å². The Hall–Kier alpha value is -4.94. The second-order valence-corrected chi connectivity index (χ2v) is 10.1. The molecule has 0 unspecified atom stereocenters. The smallest absolute Gasteiger partial charge is 0.00262 e. The molecule has 0 N–H and O–H groups in total. The van der Waals surface area contributed by atoms with Crippen molar-refractivity contribution in [2.75, 3.05) is 0 Å². The zero-order chi connectivity index (χ0) is 25.1. The van der Waals surface area contributed by atoms with Crippen molar-refractivity contribution in [2.24, 2.45) is 0 Å². The maximum atomic E-state index is 2.37. The highest BCUT2D eigenvalue weighted by atomic mass is 14.2. The summed E-state index contributed by atoms with van der Waals surface area (Å²) in [7, 11) is 0. The van der Waals surface area contributed by atoms with Crippen LogP contribution in [0.25, 0.3) is 76.1 Å². The van der Waals surface area contributed by atoms with Crippen LogP contribution in [-0.4, -0.2) is 0 Å². The lowest BCUT2D eigenvalue weighted by atomic mass is 9.85. The quantitative estimate of drug-likeness (QED) is 0.170. The molecule has 0 aromatic heterocycles. The fraction of sp³-hybridized carbons (Fsp3) is 0. The van der Waals surface area contributed by atoms with Crippen LogP contribution in [0.1, 0.15) is 0 Å². The summed E-state index contributed by atoms with van der Waals surface area (Å²) in [5.74, 6) is 0. The zero-order valence-electron chi connectivity index (χ0n) is 20.9. The first-order chi connectivity index (χ1) is 18.8. The highest BCUT2D eigenvalue weighted by molar-refractivity contribution is 6.22. The molecule has 0 saturated heterocycles. The fourth-order valence-corrected chi connectivity index (χ4v) is 6.26. The van der Waals surface area contributed by atoms with Gasteiger partial charge in [0.15, 0.2) is 0 Å². The van der Waals surface area contributed by atoms with Gasteiger partial charge in [-0.15, -0.1) is 0 Å². The predicted octanol–water partition coefficient (Wildman–Crippen LogP) is 10.8. The molecule has 0 fully saturated rings. The Kier molecular flexibility index (Phi) is 4.62. The SMILES string of the molecule is c1ccc2cc(-c3c4ccccc4c(-c4ccc5c(ccc6ccccc65)c4)c4ccccc34)ccc2c1. The summed E-state index contributed by atoms with van der Waals surface area (Å²) in [5.41, 5.74) is 5.12. The molecule has 176 valence electrons. The standard InChI is InChI=1S/C38H24/c1-2-11-27-23-29(20-17-25(27)9-1)37-33-13-5-7-15-35(33)38(36-16-8-6-14-34(36)37)30-21-22-32-28(24-30)19-18-26-10-3-4-12-31(26)32/h1-24H. The minimum atomic E-state index is 1.25. The Labute approximate surface area is 221 Å². The summed E-state index contributed by atoms with van der Waals surface area (Å²) < 4.78 is 0. The van der Waals surface area contributed by atoms with Crippen molar-refractivity contribution < 1.29 is 0 Å². The van der Waals surface area contributed by atoms with E-state index in [0.717, 1.165) is 0 Å². The van der Waals surface area contributed by atoms with Gasteiger partial charge in [0.2, 0.25) is 0 Å². The Balaban J connectivity index is 1.46. The lowest BCUT2D eigenvalue weighted by molar-refractivity contribution is 1.68. The Morgan fingerprint density at radius 2 is 0.632 bits per heavy atom. The van der Waals surface area contributed by atoms with Crippen molar-refractivity contribution in [3.63, 3.8) is 0 Å². The summed E-state index contributed by atoms with van der Waals surface area (Å²) in [6.07, 6.45) is 0. The summed E-state index contributed by atoms with van der Waals surface area (Å²) in [6, 6.07) is 53.4. The normalized spacial score (nSPS) is 11.7. The summed E-state index contributed by atoms with van der Waals surface area (Å²) in [4.78, 5) is 0. The first-order valence-corrected chi connectivity index (χ1v) is 13.2. The van der Waals surface area contributed by atoms with Gasteiger partial charge in [-0.1, -0.05) is 133 Å². The van der Waals surface area contributed by atoms with Crippen LogP contribution in [0.15, 0.2) is 146 Å². The molecule has 0 atom stereocenters. The molecule has 0 heteroatoms. The van der Waals surface area contributed by atoms with Crippen LogP contribution < -0.4 is 0 Å². The van der Waals surface area contributed by atoms with Gasteiger partial charge in [0.25, 0.3) is 0 Å². The van der Waals surface area contributed by atoms with Crippen LogP contribution in [-0.2, 0) is 0 Å². The van der Waals surface area contributed by atoms with E-state index in [4.69, 9.17) is 0 Å². The molecule has 0 radical (unpaired) electrons. The second-order valence-electron chi connectivity index (χ2n) is 10.1. The van der Waals surface area contributed by atoms with Crippen molar-refractivity contribution in [1.82, 2.24) is 0 Å². The van der Waals surface area contributed by atoms with Crippen LogP contribution in [0, 0.1) is 0 Å². The molecule has 0 nitrogen and oxygen atoms in total. The lowest BCUT2D eigenvalue weighted by Crippen LogP contribution is -1.91. The molecule has 8 aromatic carbocycles. The van der Waals surface area contributed by atoms with Crippen LogP contribution in [0.3, 0.4) is 0 Å². The van der Waals surface area contributed by atoms with E-state index in [2.05, 4.69) is 146 Å². The van der Waals surface area contributed by atoms with Crippen molar-refractivity contribution >= 4 is 53.9 Å². The van der Waals surface area contributed by atoms with Crippen molar-refractivity contribution in [3.8, 4) is 22.3 Å². The van der Waals surface area contributed by atoms with Gasteiger partial charge >= 0.3 is 0 Å². The van der Waals surface area contributed by atoms with Gasteiger partial charge < -0.3 is 0 Å². The number of rotatable bonds is 2. The highest BCUT2D eigenvalue weighted by Gasteiger charge is 2.17. The largest absolute Gasteiger partial charge is 0.0616 e. The minimum Gasteiger partial charge on any atom is -0.0616 e. The monoisotopic (exact) mass is 480 g/mol. The number of hydrogen-bond acceptors (Lipinski definition) is 0. The maximum absolute atomic E-state index is 2.37. The molecule has 0 bridgehead atoms. The zero-order valence-corrected chi connectivity index (χ0v) is 20.9. The van der Waals surface area contributed by atoms with E-state index in [1.54, 1.807) is 0 Å². The van der Waals surface area contributed by atoms with Gasteiger partial charge in [0.1, 0.15) is 0 Å². The average Bonchev–Trinajstić information content (AvgIpc) is 2.99. The third-order valence-electron chi connectivity index (χ3n) is 8.00. The van der Waals surface area contributed by atoms with Crippen LogP contribution in [0.2, 0.25) is 0 Å². The van der Waals surface area contributed by atoms with Gasteiger partial charge in [0.05, 0.1) is 0 Å². The Bertz CT molecular complexity index is 2130. The summed E-state index contributed by atoms with van der Waals surface area (Å²) in [5, 5.41) is 12.8. The average molecular weight is 481 g/mol. The number of fused-ring (bicyclic) bond motifs is 6.